The van der Waals surface area contributed by atoms with E-state index in [1.165, 1.54) is 12.1 Å². The van der Waals surface area contributed by atoms with E-state index in [0.717, 1.165) is 46.8 Å². The summed E-state index contributed by atoms with van der Waals surface area (Å²) >= 11 is 2.11. The Morgan fingerprint density at radius 3 is 1.89 bits per heavy atom. The molecular weight excluding hydrogens is 611 g/mol. The Morgan fingerprint density at radius 1 is 0.833 bits per heavy atom. The van der Waals surface area contributed by atoms with Crippen molar-refractivity contribution in [3.63, 3.8) is 0 Å². The number of aryl methyl sites for hydroxylation is 1. The van der Waals surface area contributed by atoms with Crippen molar-refractivity contribution in [3.05, 3.63) is 75.4 Å². The molecule has 0 saturated heterocycles. The van der Waals surface area contributed by atoms with Gasteiger partial charge in [-0.1, -0.05) is 67.8 Å². The Hall–Kier alpha value is -2.21. The predicted molar refractivity (Wildman–Crippen MR) is 147 cm³/mol. The van der Waals surface area contributed by atoms with Crippen LogP contribution in [0.1, 0.15) is 49.1 Å². The Kier molecular flexibility index (Phi) is 6.78. The van der Waals surface area contributed by atoms with Crippen molar-refractivity contribution in [3.8, 4) is 5.75 Å². The summed E-state index contributed by atoms with van der Waals surface area (Å²) in [5.74, 6) is 0.144. The first-order valence-corrected chi connectivity index (χ1v) is 15.6. The molecule has 1 saturated carbocycles. The fraction of sp³-hybridized carbons (Fsp3) is 0.259. The van der Waals surface area contributed by atoms with Gasteiger partial charge in [-0.2, -0.15) is 8.42 Å². The Bertz CT molecular complexity index is 1650. The standard InChI is InChI=1S/C27H25IO6S2/c1-17-15-19(28)16-24(25(17)18-9-3-2-4-10-18)36(32,33)34-26-20-11-5-7-13-22(20)27(35(29,30)31)23-14-8-6-12-21(23)26/h5-8,11-16,18H,2-4,9-10H2,1H3,(H,29,30,31)/p-1. The summed E-state index contributed by atoms with van der Waals surface area (Å²) in [7, 11) is -9.16. The Balaban J connectivity index is 1.77. The molecule has 1 aliphatic carbocycles. The van der Waals surface area contributed by atoms with Crippen LogP contribution in [0.4, 0.5) is 0 Å². The van der Waals surface area contributed by atoms with Crippen LogP contribution in [0.2, 0.25) is 0 Å². The van der Waals surface area contributed by atoms with E-state index >= 15 is 0 Å². The summed E-state index contributed by atoms with van der Waals surface area (Å²) in [6.07, 6.45) is 5.09. The van der Waals surface area contributed by atoms with Gasteiger partial charge in [-0.05, 0) is 71.5 Å². The second kappa shape index (κ2) is 9.59. The van der Waals surface area contributed by atoms with Gasteiger partial charge < -0.3 is 8.74 Å². The van der Waals surface area contributed by atoms with Crippen LogP contribution in [0.5, 0.6) is 5.75 Å². The van der Waals surface area contributed by atoms with E-state index in [1.54, 1.807) is 42.5 Å². The van der Waals surface area contributed by atoms with Crippen LogP contribution in [0.15, 0.2) is 70.5 Å². The van der Waals surface area contributed by atoms with Crippen LogP contribution >= 0.6 is 22.6 Å². The first-order chi connectivity index (χ1) is 17.1. The van der Waals surface area contributed by atoms with E-state index in [4.69, 9.17) is 4.18 Å². The van der Waals surface area contributed by atoms with Crippen molar-refractivity contribution < 1.29 is 25.6 Å². The van der Waals surface area contributed by atoms with Gasteiger partial charge in [-0.15, -0.1) is 0 Å². The molecule has 0 aliphatic heterocycles. The van der Waals surface area contributed by atoms with E-state index in [9.17, 15) is 21.4 Å². The first kappa shape index (κ1) is 25.4. The Labute approximate surface area is 224 Å². The highest BCUT2D eigenvalue weighted by Crippen LogP contribution is 2.43. The number of fused-ring (bicyclic) bond motifs is 2. The quantitative estimate of drug-likeness (QED) is 0.106. The van der Waals surface area contributed by atoms with Gasteiger partial charge in [0.05, 0.1) is 4.90 Å². The largest absolute Gasteiger partial charge is 0.744 e. The van der Waals surface area contributed by atoms with Gasteiger partial charge in [0, 0.05) is 25.1 Å². The van der Waals surface area contributed by atoms with Crippen LogP contribution in [0.25, 0.3) is 21.5 Å². The summed E-state index contributed by atoms with van der Waals surface area (Å²) in [6, 6.07) is 16.3. The van der Waals surface area contributed by atoms with Crippen LogP contribution in [-0.4, -0.2) is 21.4 Å². The lowest BCUT2D eigenvalue weighted by Gasteiger charge is -2.26. The summed E-state index contributed by atoms with van der Waals surface area (Å²) in [5, 5.41) is 0.747. The minimum Gasteiger partial charge on any atom is -0.744 e. The average molecular weight is 636 g/mol. The zero-order valence-corrected chi connectivity index (χ0v) is 23.3. The number of benzene rings is 4. The number of halogens is 1. The lowest BCUT2D eigenvalue weighted by molar-refractivity contribution is 0.433. The van der Waals surface area contributed by atoms with Gasteiger partial charge in [0.2, 0.25) is 0 Å². The molecule has 36 heavy (non-hydrogen) atoms. The molecule has 0 radical (unpaired) electrons. The third-order valence-corrected chi connectivity index (χ3v) is 9.70. The van der Waals surface area contributed by atoms with E-state index in [1.807, 2.05) is 13.0 Å². The maximum absolute atomic E-state index is 13.9. The molecule has 0 amide bonds. The fourth-order valence-corrected chi connectivity index (χ4v) is 8.65. The summed E-state index contributed by atoms with van der Waals surface area (Å²) < 4.78 is 71.3. The summed E-state index contributed by atoms with van der Waals surface area (Å²) in [6.45, 7) is 1.93. The highest BCUT2D eigenvalue weighted by Gasteiger charge is 2.30. The van der Waals surface area contributed by atoms with Crippen LogP contribution < -0.4 is 4.18 Å². The van der Waals surface area contributed by atoms with Crippen molar-refractivity contribution >= 4 is 64.4 Å². The molecule has 188 valence electrons. The van der Waals surface area contributed by atoms with E-state index in [-0.39, 0.29) is 43.0 Å². The van der Waals surface area contributed by atoms with E-state index < -0.39 is 20.2 Å². The number of rotatable bonds is 5. The highest BCUT2D eigenvalue weighted by atomic mass is 127. The number of hydrogen-bond acceptors (Lipinski definition) is 6. The molecule has 4 aromatic carbocycles. The van der Waals surface area contributed by atoms with Gasteiger partial charge in [0.1, 0.15) is 15.0 Å². The number of hydrogen-bond donors (Lipinski definition) is 0. The maximum Gasteiger partial charge on any atom is 0.339 e. The van der Waals surface area contributed by atoms with Crippen LogP contribution in [0.3, 0.4) is 0 Å². The summed E-state index contributed by atoms with van der Waals surface area (Å²) in [5.41, 5.74) is 1.71. The van der Waals surface area contributed by atoms with Gasteiger partial charge in [0.25, 0.3) is 0 Å². The zero-order valence-electron chi connectivity index (χ0n) is 19.5. The van der Waals surface area contributed by atoms with Gasteiger partial charge >= 0.3 is 10.1 Å². The molecule has 1 fully saturated rings. The van der Waals surface area contributed by atoms with Gasteiger partial charge in [-0.25, -0.2) is 8.42 Å². The molecular formula is C27H24IO6S2-. The molecule has 4 aromatic rings. The minimum atomic E-state index is -4.86. The fourth-order valence-electron chi connectivity index (χ4n) is 5.41. The molecule has 0 heterocycles. The molecule has 6 nitrogen and oxygen atoms in total. The van der Waals surface area contributed by atoms with E-state index in [0.29, 0.717) is 0 Å². The van der Waals surface area contributed by atoms with Crippen molar-refractivity contribution in [2.75, 3.05) is 0 Å². The smallest absolute Gasteiger partial charge is 0.339 e. The molecule has 5 rings (SSSR count). The molecule has 0 spiro atoms. The minimum absolute atomic E-state index is 0.0136. The van der Waals surface area contributed by atoms with Crippen molar-refractivity contribution in [2.45, 2.75) is 54.7 Å². The first-order valence-electron chi connectivity index (χ1n) is 11.7. The monoisotopic (exact) mass is 635 g/mol. The zero-order chi connectivity index (χ0) is 25.7. The van der Waals surface area contributed by atoms with Crippen molar-refractivity contribution in [1.29, 1.82) is 0 Å². The van der Waals surface area contributed by atoms with Crippen molar-refractivity contribution in [1.82, 2.24) is 0 Å². The van der Waals surface area contributed by atoms with E-state index in [2.05, 4.69) is 22.6 Å². The van der Waals surface area contributed by atoms with Crippen LogP contribution in [-0.2, 0) is 20.2 Å². The van der Waals surface area contributed by atoms with Gasteiger partial charge in [-0.3, -0.25) is 0 Å². The Morgan fingerprint density at radius 2 is 1.36 bits per heavy atom. The molecule has 0 unspecified atom stereocenters. The second-order valence-corrected chi connectivity index (χ2v) is 13.3. The topological polar surface area (TPSA) is 101 Å². The molecule has 1 aliphatic rings. The third kappa shape index (κ3) is 4.62. The molecule has 0 atom stereocenters. The highest BCUT2D eigenvalue weighted by molar-refractivity contribution is 14.1. The normalized spacial score (nSPS) is 15.4. The maximum atomic E-state index is 13.9. The third-order valence-electron chi connectivity index (χ3n) is 6.87. The molecule has 0 bridgehead atoms. The van der Waals surface area contributed by atoms with Gasteiger partial charge in [0.15, 0.2) is 5.75 Å². The van der Waals surface area contributed by atoms with Crippen molar-refractivity contribution in [2.24, 2.45) is 0 Å². The molecule has 0 aromatic heterocycles. The van der Waals surface area contributed by atoms with Crippen LogP contribution in [0, 0.1) is 10.5 Å². The lowest BCUT2D eigenvalue weighted by atomic mass is 9.82. The SMILES string of the molecule is Cc1cc(I)cc(S(=O)(=O)Oc2c3ccccc3c(S(=O)(=O)[O-])c3ccccc23)c1C1CCCCC1. The second-order valence-electron chi connectivity index (χ2n) is 9.21. The average Bonchev–Trinajstić information content (AvgIpc) is 2.83. The molecule has 0 N–H and O–H groups in total. The predicted octanol–water partition coefficient (Wildman–Crippen LogP) is 6.63. The molecule has 9 heteroatoms. The lowest BCUT2D eigenvalue weighted by Crippen LogP contribution is -2.17. The summed E-state index contributed by atoms with van der Waals surface area (Å²) in [4.78, 5) is -0.237.